The summed E-state index contributed by atoms with van der Waals surface area (Å²) in [5, 5.41) is 49.8. The minimum absolute atomic E-state index is 0.357. The molecule has 8 nitrogen and oxygen atoms in total. The van der Waals surface area contributed by atoms with E-state index in [1.165, 1.54) is 0 Å². The molecule has 27 heavy (non-hydrogen) atoms. The molecule has 0 aromatic heterocycles. The van der Waals surface area contributed by atoms with Gasteiger partial charge in [0.1, 0.15) is 30.2 Å². The van der Waals surface area contributed by atoms with E-state index in [0.29, 0.717) is 32.0 Å². The van der Waals surface area contributed by atoms with Crippen molar-refractivity contribution in [3.05, 3.63) is 0 Å². The second-order valence-electron chi connectivity index (χ2n) is 8.84. The molecule has 4 fully saturated rings. The average Bonchev–Trinajstić information content (AvgIpc) is 2.63. The van der Waals surface area contributed by atoms with E-state index < -0.39 is 48.0 Å². The summed E-state index contributed by atoms with van der Waals surface area (Å²) >= 11 is 0. The van der Waals surface area contributed by atoms with Crippen LogP contribution in [0.2, 0.25) is 0 Å². The molecule has 4 unspecified atom stereocenters. The molecule has 156 valence electrons. The van der Waals surface area contributed by atoms with Gasteiger partial charge in [0.25, 0.3) is 0 Å². The second-order valence-corrected chi connectivity index (χ2v) is 8.84. The monoisotopic (exact) mass is 386 g/mol. The molecule has 0 aliphatic carbocycles. The number of carbonyl (C=O) groups excluding carboxylic acids is 1. The zero-order valence-electron chi connectivity index (χ0n) is 16.3. The Hall–Kier alpha value is -0.610. The largest absolute Gasteiger partial charge is 0.394 e. The predicted octanol–water partition coefficient (Wildman–Crippen LogP) is -1.46. The maximum atomic E-state index is 13.4. The van der Waals surface area contributed by atoms with Crippen LogP contribution in [0.1, 0.15) is 39.5 Å². The number of ketones is 1. The van der Waals surface area contributed by atoms with Gasteiger partial charge in [-0.1, -0.05) is 26.7 Å². The SMILES string of the molecule is CCCC12CN3CC(CCC)(CN(C1)C3C(O)C(O)C(O)C(O)CO)C2=O. The van der Waals surface area contributed by atoms with Crippen LogP contribution >= 0.6 is 0 Å². The summed E-state index contributed by atoms with van der Waals surface area (Å²) in [5.41, 5.74) is -0.852. The molecule has 4 atom stereocenters. The van der Waals surface area contributed by atoms with Gasteiger partial charge in [0.2, 0.25) is 0 Å². The first-order chi connectivity index (χ1) is 12.7. The smallest absolute Gasteiger partial charge is 0.150 e. The molecule has 0 spiro atoms. The molecule has 0 saturated carbocycles. The van der Waals surface area contributed by atoms with Gasteiger partial charge in [0.15, 0.2) is 0 Å². The number of rotatable bonds is 9. The molecular formula is C19H34N2O6. The number of Topliss-reactive ketones (excluding diaryl/α,β-unsaturated/α-hetero) is 1. The van der Waals surface area contributed by atoms with E-state index in [1.54, 1.807) is 0 Å². The van der Waals surface area contributed by atoms with Crippen LogP contribution in [0.15, 0.2) is 0 Å². The molecular weight excluding hydrogens is 352 g/mol. The summed E-state index contributed by atoms with van der Waals surface area (Å²) in [4.78, 5) is 17.5. The lowest BCUT2D eigenvalue weighted by Crippen LogP contribution is -2.81. The third-order valence-electron chi connectivity index (χ3n) is 6.78. The van der Waals surface area contributed by atoms with Crippen molar-refractivity contribution in [3.63, 3.8) is 0 Å². The molecule has 0 amide bonds. The Bertz CT molecular complexity index is 514. The molecule has 5 N–H and O–H groups in total. The third kappa shape index (κ3) is 3.25. The first-order valence-electron chi connectivity index (χ1n) is 10.1. The summed E-state index contributed by atoms with van der Waals surface area (Å²) in [7, 11) is 0. The highest BCUT2D eigenvalue weighted by atomic mass is 16.4. The predicted molar refractivity (Wildman–Crippen MR) is 97.7 cm³/mol. The van der Waals surface area contributed by atoms with Crippen LogP contribution < -0.4 is 0 Å². The van der Waals surface area contributed by atoms with Crippen molar-refractivity contribution >= 4 is 5.78 Å². The molecule has 8 heteroatoms. The van der Waals surface area contributed by atoms with Crippen LogP contribution in [0.5, 0.6) is 0 Å². The standard InChI is InChI=1S/C19H34N2O6/c1-3-5-18-8-20-10-19(6-4-2,17(18)27)11-21(9-18)16(20)15(26)14(25)13(24)12(23)7-22/h12-16,22-26H,3-11H2,1-2H3. The van der Waals surface area contributed by atoms with Gasteiger partial charge in [-0.15, -0.1) is 0 Å². The number of hydrogen-bond acceptors (Lipinski definition) is 8. The van der Waals surface area contributed by atoms with Crippen molar-refractivity contribution in [1.82, 2.24) is 9.80 Å². The van der Waals surface area contributed by atoms with E-state index in [2.05, 4.69) is 23.6 Å². The highest BCUT2D eigenvalue weighted by Gasteiger charge is 2.65. The zero-order chi connectivity index (χ0) is 20.0. The van der Waals surface area contributed by atoms with Gasteiger partial charge in [-0.25, -0.2) is 0 Å². The van der Waals surface area contributed by atoms with Gasteiger partial charge in [-0.2, -0.15) is 0 Å². The number of aliphatic hydroxyl groups is 5. The van der Waals surface area contributed by atoms with Gasteiger partial charge < -0.3 is 25.5 Å². The minimum Gasteiger partial charge on any atom is -0.394 e. The highest BCUT2D eigenvalue weighted by molar-refractivity contribution is 5.93. The summed E-state index contributed by atoms with van der Waals surface area (Å²) in [5.74, 6) is 0.357. The molecule has 4 heterocycles. The van der Waals surface area contributed by atoms with Gasteiger partial charge >= 0.3 is 0 Å². The summed E-state index contributed by atoms with van der Waals surface area (Å²) in [6, 6.07) is 0. The maximum Gasteiger partial charge on any atom is 0.150 e. The van der Waals surface area contributed by atoms with Crippen LogP contribution in [0, 0.1) is 10.8 Å². The Kier molecular flexibility index (Phi) is 5.99. The topological polar surface area (TPSA) is 125 Å². The van der Waals surface area contributed by atoms with Crippen molar-refractivity contribution < 1.29 is 30.3 Å². The molecule has 0 aromatic rings. The first kappa shape index (κ1) is 21.1. The number of hydrogen-bond donors (Lipinski definition) is 5. The Labute approximate surface area is 160 Å². The third-order valence-corrected chi connectivity index (χ3v) is 6.78. The lowest BCUT2D eigenvalue weighted by atomic mass is 9.57. The van der Waals surface area contributed by atoms with E-state index >= 15 is 0 Å². The molecule has 4 rings (SSSR count). The Balaban J connectivity index is 1.86. The Morgan fingerprint density at radius 2 is 1.37 bits per heavy atom. The molecule has 0 radical (unpaired) electrons. The van der Waals surface area contributed by atoms with Gasteiger partial charge in [-0.3, -0.25) is 14.6 Å². The lowest BCUT2D eigenvalue weighted by molar-refractivity contribution is -0.235. The number of piperidine rings is 2. The maximum absolute atomic E-state index is 13.4. The zero-order valence-corrected chi connectivity index (χ0v) is 16.3. The van der Waals surface area contributed by atoms with Crippen molar-refractivity contribution in [3.8, 4) is 0 Å². The van der Waals surface area contributed by atoms with Crippen molar-refractivity contribution in [2.75, 3.05) is 32.8 Å². The van der Waals surface area contributed by atoms with Crippen LogP contribution in [-0.4, -0.2) is 104 Å². The van der Waals surface area contributed by atoms with E-state index in [0.717, 1.165) is 25.7 Å². The number of aliphatic hydroxyl groups excluding tert-OH is 5. The van der Waals surface area contributed by atoms with Crippen molar-refractivity contribution in [2.24, 2.45) is 10.8 Å². The van der Waals surface area contributed by atoms with Crippen LogP contribution in [0.4, 0.5) is 0 Å². The number of carbonyl (C=O) groups is 1. The van der Waals surface area contributed by atoms with Crippen LogP contribution in [0.25, 0.3) is 0 Å². The summed E-state index contributed by atoms with van der Waals surface area (Å²) in [6.07, 6.45) is -3.13. The van der Waals surface area contributed by atoms with E-state index in [9.17, 15) is 25.2 Å². The minimum atomic E-state index is -1.64. The molecule has 4 saturated heterocycles. The Morgan fingerprint density at radius 3 is 1.74 bits per heavy atom. The quantitative estimate of drug-likeness (QED) is 0.326. The van der Waals surface area contributed by atoms with Crippen LogP contribution in [-0.2, 0) is 4.79 Å². The van der Waals surface area contributed by atoms with E-state index in [-0.39, 0.29) is 0 Å². The lowest BCUT2D eigenvalue weighted by Gasteiger charge is -2.67. The molecule has 4 bridgehead atoms. The Morgan fingerprint density at radius 1 is 0.926 bits per heavy atom. The molecule has 0 aromatic carbocycles. The van der Waals surface area contributed by atoms with Crippen LogP contribution in [0.3, 0.4) is 0 Å². The summed E-state index contributed by atoms with van der Waals surface area (Å²) in [6.45, 7) is 5.65. The fourth-order valence-electron chi connectivity index (χ4n) is 5.87. The van der Waals surface area contributed by atoms with Gasteiger partial charge in [0, 0.05) is 26.2 Å². The average molecular weight is 386 g/mol. The summed E-state index contributed by atoms with van der Waals surface area (Å²) < 4.78 is 0. The fourth-order valence-corrected chi connectivity index (χ4v) is 5.87. The van der Waals surface area contributed by atoms with E-state index in [4.69, 9.17) is 5.11 Å². The molecule has 4 aliphatic rings. The van der Waals surface area contributed by atoms with Gasteiger partial charge in [-0.05, 0) is 12.8 Å². The second kappa shape index (κ2) is 7.67. The fraction of sp³-hybridized carbons (Fsp3) is 0.947. The van der Waals surface area contributed by atoms with Crippen molar-refractivity contribution in [2.45, 2.75) is 70.1 Å². The normalized spacial score (nSPS) is 42.2. The van der Waals surface area contributed by atoms with E-state index in [1.807, 2.05) is 0 Å². The highest BCUT2D eigenvalue weighted by Crippen LogP contribution is 2.52. The van der Waals surface area contributed by atoms with Crippen molar-refractivity contribution in [1.29, 1.82) is 0 Å². The first-order valence-corrected chi connectivity index (χ1v) is 10.1. The number of nitrogens with zero attached hydrogens (tertiary/aromatic N) is 2. The van der Waals surface area contributed by atoms with Gasteiger partial charge in [0.05, 0.1) is 23.6 Å². The molecule has 4 aliphatic heterocycles.